The number of imidazole rings is 1. The summed E-state index contributed by atoms with van der Waals surface area (Å²) in [5.74, 6) is 0.639. The minimum absolute atomic E-state index is 0.0567. The fourth-order valence-electron chi connectivity index (χ4n) is 2.18. The lowest BCUT2D eigenvalue weighted by molar-refractivity contribution is 0.104. The summed E-state index contributed by atoms with van der Waals surface area (Å²) in [6, 6.07) is 15.1. The number of fused-ring (bicyclic) bond motifs is 1. The highest BCUT2D eigenvalue weighted by Crippen LogP contribution is 2.17. The van der Waals surface area contributed by atoms with Crippen LogP contribution in [0.5, 0.6) is 0 Å². The summed E-state index contributed by atoms with van der Waals surface area (Å²) in [4.78, 5) is 16.5. The lowest BCUT2D eigenvalue weighted by atomic mass is 10.1. The van der Waals surface area contributed by atoms with Crippen LogP contribution in [-0.4, -0.2) is 15.3 Å². The largest absolute Gasteiger partial charge is 0.332 e. The van der Waals surface area contributed by atoms with E-state index in [1.54, 1.807) is 18.3 Å². The van der Waals surface area contributed by atoms with Crippen molar-refractivity contribution in [3.63, 3.8) is 0 Å². The van der Waals surface area contributed by atoms with Crippen molar-refractivity contribution in [1.82, 2.24) is 9.55 Å². The van der Waals surface area contributed by atoms with Crippen molar-refractivity contribution in [2.24, 2.45) is 7.05 Å². The van der Waals surface area contributed by atoms with Crippen molar-refractivity contribution in [2.75, 3.05) is 5.32 Å². The van der Waals surface area contributed by atoms with Gasteiger partial charge in [-0.3, -0.25) is 4.79 Å². The Morgan fingerprint density at radius 3 is 2.64 bits per heavy atom. The van der Waals surface area contributed by atoms with Gasteiger partial charge in [-0.1, -0.05) is 28.1 Å². The summed E-state index contributed by atoms with van der Waals surface area (Å²) >= 11 is 3.35. The van der Waals surface area contributed by atoms with Gasteiger partial charge >= 0.3 is 0 Å². The number of aryl methyl sites for hydroxylation is 1. The van der Waals surface area contributed by atoms with Gasteiger partial charge < -0.3 is 9.88 Å². The normalized spacial score (nSPS) is 11.2. The average Bonchev–Trinajstić information content (AvgIpc) is 2.85. The van der Waals surface area contributed by atoms with E-state index in [-0.39, 0.29) is 5.78 Å². The zero-order valence-electron chi connectivity index (χ0n) is 12.0. The van der Waals surface area contributed by atoms with Gasteiger partial charge in [-0.2, -0.15) is 0 Å². The second kappa shape index (κ2) is 6.15. The third kappa shape index (κ3) is 2.94. The molecule has 0 aliphatic carbocycles. The number of benzene rings is 2. The number of ketones is 1. The number of carbonyl (C=O) groups is 1. The van der Waals surface area contributed by atoms with E-state index in [2.05, 4.69) is 26.2 Å². The molecule has 4 nitrogen and oxygen atoms in total. The van der Waals surface area contributed by atoms with Gasteiger partial charge in [0, 0.05) is 29.4 Å². The number of aromatic nitrogens is 2. The van der Waals surface area contributed by atoms with E-state index < -0.39 is 0 Å². The second-order valence-electron chi connectivity index (χ2n) is 4.83. The van der Waals surface area contributed by atoms with Crippen molar-refractivity contribution in [3.8, 4) is 0 Å². The van der Waals surface area contributed by atoms with E-state index in [0.717, 1.165) is 15.5 Å². The van der Waals surface area contributed by atoms with Gasteiger partial charge in [0.05, 0.1) is 11.0 Å². The number of rotatable bonds is 4. The molecule has 0 aliphatic rings. The van der Waals surface area contributed by atoms with Crippen LogP contribution in [0.3, 0.4) is 0 Å². The molecule has 3 aromatic rings. The van der Waals surface area contributed by atoms with Gasteiger partial charge in [0.2, 0.25) is 5.95 Å². The van der Waals surface area contributed by atoms with Crippen LogP contribution in [0.2, 0.25) is 0 Å². The SMILES string of the molecule is Cn1c(N/C=C\C(=O)c2ccc(Br)cc2)nc2ccccc21. The zero-order chi connectivity index (χ0) is 15.5. The Morgan fingerprint density at radius 1 is 1.18 bits per heavy atom. The minimum Gasteiger partial charge on any atom is -0.332 e. The van der Waals surface area contributed by atoms with Crippen molar-refractivity contribution < 1.29 is 4.79 Å². The van der Waals surface area contributed by atoms with Crippen molar-refractivity contribution in [1.29, 1.82) is 0 Å². The Hall–Kier alpha value is -2.40. The van der Waals surface area contributed by atoms with E-state index in [0.29, 0.717) is 11.5 Å². The molecule has 0 bridgehead atoms. The van der Waals surface area contributed by atoms with Gasteiger partial charge in [0.1, 0.15) is 0 Å². The number of anilines is 1. The molecule has 0 unspecified atom stereocenters. The first-order valence-corrected chi connectivity index (χ1v) is 7.59. The third-order valence-corrected chi connectivity index (χ3v) is 3.89. The van der Waals surface area contributed by atoms with Crippen LogP contribution in [0, 0.1) is 0 Å². The summed E-state index contributed by atoms with van der Waals surface area (Å²) in [5, 5.41) is 3.06. The number of hydrogen-bond donors (Lipinski definition) is 1. The molecule has 0 saturated heterocycles. The number of halogens is 1. The van der Waals surface area contributed by atoms with E-state index >= 15 is 0 Å². The quantitative estimate of drug-likeness (QED) is 0.565. The van der Waals surface area contributed by atoms with E-state index in [1.807, 2.05) is 48.0 Å². The molecule has 3 rings (SSSR count). The van der Waals surface area contributed by atoms with Crippen LogP contribution in [0.25, 0.3) is 11.0 Å². The molecular formula is C17H14BrN3O. The summed E-state index contributed by atoms with van der Waals surface area (Å²) < 4.78 is 2.90. The highest BCUT2D eigenvalue weighted by Gasteiger charge is 2.05. The van der Waals surface area contributed by atoms with Crippen LogP contribution in [0.15, 0.2) is 65.3 Å². The van der Waals surface area contributed by atoms with Crippen LogP contribution >= 0.6 is 15.9 Å². The molecule has 0 atom stereocenters. The first-order chi connectivity index (χ1) is 10.6. The number of carbonyl (C=O) groups excluding carboxylic acids is 1. The summed E-state index contributed by atoms with van der Waals surface area (Å²) in [7, 11) is 1.93. The van der Waals surface area contributed by atoms with Crippen LogP contribution in [0.1, 0.15) is 10.4 Å². The van der Waals surface area contributed by atoms with Crippen LogP contribution < -0.4 is 5.32 Å². The first-order valence-electron chi connectivity index (χ1n) is 6.79. The van der Waals surface area contributed by atoms with Crippen molar-refractivity contribution >= 4 is 38.7 Å². The Labute approximate surface area is 136 Å². The monoisotopic (exact) mass is 355 g/mol. The molecule has 22 heavy (non-hydrogen) atoms. The molecule has 0 aliphatic heterocycles. The third-order valence-electron chi connectivity index (χ3n) is 3.36. The van der Waals surface area contributed by atoms with Crippen molar-refractivity contribution in [2.45, 2.75) is 0 Å². The van der Waals surface area contributed by atoms with E-state index in [9.17, 15) is 4.79 Å². The topological polar surface area (TPSA) is 46.9 Å². The first kappa shape index (κ1) is 14.5. The Balaban J connectivity index is 1.74. The molecule has 0 fully saturated rings. The lowest BCUT2D eigenvalue weighted by Gasteiger charge is -2.01. The van der Waals surface area contributed by atoms with Gasteiger partial charge in [0.25, 0.3) is 0 Å². The van der Waals surface area contributed by atoms with Gasteiger partial charge in [-0.25, -0.2) is 4.98 Å². The van der Waals surface area contributed by atoms with Crippen LogP contribution in [-0.2, 0) is 7.05 Å². The molecule has 0 spiro atoms. The maximum Gasteiger partial charge on any atom is 0.207 e. The number of nitrogens with zero attached hydrogens (tertiary/aromatic N) is 2. The molecule has 110 valence electrons. The number of hydrogen-bond acceptors (Lipinski definition) is 3. The summed E-state index contributed by atoms with van der Waals surface area (Å²) in [5.41, 5.74) is 2.60. The maximum atomic E-state index is 12.0. The molecular weight excluding hydrogens is 342 g/mol. The van der Waals surface area contributed by atoms with Gasteiger partial charge in [0.15, 0.2) is 5.78 Å². The molecule has 1 aromatic heterocycles. The van der Waals surface area contributed by atoms with Crippen molar-refractivity contribution in [3.05, 3.63) is 70.8 Å². The molecule has 2 aromatic carbocycles. The molecule has 1 heterocycles. The Morgan fingerprint density at radius 2 is 1.91 bits per heavy atom. The predicted octanol–water partition coefficient (Wildman–Crippen LogP) is 4.14. The fourth-order valence-corrected chi connectivity index (χ4v) is 2.44. The Bertz CT molecular complexity index is 850. The molecule has 0 saturated carbocycles. The molecule has 0 radical (unpaired) electrons. The highest BCUT2D eigenvalue weighted by atomic mass is 79.9. The predicted molar refractivity (Wildman–Crippen MR) is 91.9 cm³/mol. The number of para-hydroxylation sites is 2. The van der Waals surface area contributed by atoms with E-state index in [4.69, 9.17) is 0 Å². The van der Waals surface area contributed by atoms with Crippen LogP contribution in [0.4, 0.5) is 5.95 Å². The number of allylic oxidation sites excluding steroid dienone is 1. The fraction of sp³-hybridized carbons (Fsp3) is 0.0588. The minimum atomic E-state index is -0.0567. The Kier molecular flexibility index (Phi) is 4.06. The van der Waals surface area contributed by atoms with E-state index in [1.165, 1.54) is 6.08 Å². The second-order valence-corrected chi connectivity index (χ2v) is 5.75. The number of nitrogens with one attached hydrogen (secondary N) is 1. The summed E-state index contributed by atoms with van der Waals surface area (Å²) in [6.07, 6.45) is 3.12. The molecule has 5 heteroatoms. The smallest absolute Gasteiger partial charge is 0.207 e. The average molecular weight is 356 g/mol. The molecule has 1 N–H and O–H groups in total. The van der Waals surface area contributed by atoms with Gasteiger partial charge in [-0.15, -0.1) is 0 Å². The maximum absolute atomic E-state index is 12.0. The highest BCUT2D eigenvalue weighted by molar-refractivity contribution is 9.10. The summed E-state index contributed by atoms with van der Waals surface area (Å²) in [6.45, 7) is 0. The standard InChI is InChI=1S/C17H14BrN3O/c1-21-15-5-3-2-4-14(15)20-17(21)19-11-10-16(22)12-6-8-13(18)9-7-12/h2-11H,1H3,(H,19,20)/b11-10-. The van der Waals surface area contributed by atoms with Gasteiger partial charge in [-0.05, 0) is 36.4 Å². The molecule has 0 amide bonds. The zero-order valence-corrected chi connectivity index (χ0v) is 13.5. The lowest BCUT2D eigenvalue weighted by Crippen LogP contribution is -2.00.